The minimum Gasteiger partial charge on any atom is -0.493 e. The van der Waals surface area contributed by atoms with Gasteiger partial charge in [0.1, 0.15) is 5.75 Å². The summed E-state index contributed by atoms with van der Waals surface area (Å²) in [6, 6.07) is 6.13. The van der Waals surface area contributed by atoms with Gasteiger partial charge >= 0.3 is 5.97 Å². The van der Waals surface area contributed by atoms with E-state index in [4.69, 9.17) is 4.74 Å². The number of aliphatic carboxylic acids is 1. The molecular weight excluding hydrogens is 340 g/mol. The lowest BCUT2D eigenvalue weighted by atomic mass is 9.92. The molecule has 27 heavy (non-hydrogen) atoms. The fourth-order valence-corrected chi connectivity index (χ4v) is 3.27. The van der Waals surface area contributed by atoms with Crippen LogP contribution in [-0.4, -0.2) is 42.7 Å². The third-order valence-electron chi connectivity index (χ3n) is 4.70. The van der Waals surface area contributed by atoms with Crippen LogP contribution in [0.4, 0.5) is 0 Å². The van der Waals surface area contributed by atoms with Gasteiger partial charge in [-0.25, -0.2) is 4.79 Å². The molecule has 142 valence electrons. The first kappa shape index (κ1) is 18.9. The number of carboxylic acids is 1. The third-order valence-corrected chi connectivity index (χ3v) is 4.70. The van der Waals surface area contributed by atoms with Gasteiger partial charge in [0.05, 0.1) is 18.7 Å². The molecule has 5 heteroatoms. The molecule has 3 rings (SSSR count). The summed E-state index contributed by atoms with van der Waals surface area (Å²) in [6.07, 6.45) is 4.34. The summed E-state index contributed by atoms with van der Waals surface area (Å²) < 4.78 is 5.85. The van der Waals surface area contributed by atoms with Crippen LogP contribution in [0.3, 0.4) is 0 Å². The van der Waals surface area contributed by atoms with Crippen LogP contribution in [-0.2, 0) is 4.79 Å². The molecule has 0 bridgehead atoms. The SMILES string of the molecule is CC(C)C#Cc1ccc2c(c1)OCCC2CNC1=C(C(=O)O)C=CN(C)C1. The molecular formula is C22H26N2O3. The average molecular weight is 366 g/mol. The molecule has 0 aromatic heterocycles. The molecule has 1 unspecified atom stereocenters. The van der Waals surface area contributed by atoms with Gasteiger partial charge in [0.15, 0.2) is 0 Å². The van der Waals surface area contributed by atoms with Gasteiger partial charge in [-0.3, -0.25) is 0 Å². The largest absolute Gasteiger partial charge is 0.493 e. The normalized spacial score (nSPS) is 18.5. The lowest BCUT2D eigenvalue weighted by molar-refractivity contribution is -0.132. The van der Waals surface area contributed by atoms with Crippen LogP contribution in [0.2, 0.25) is 0 Å². The van der Waals surface area contributed by atoms with E-state index >= 15 is 0 Å². The second-order valence-electron chi connectivity index (χ2n) is 7.32. The van der Waals surface area contributed by atoms with Crippen molar-refractivity contribution in [3.63, 3.8) is 0 Å². The molecule has 2 aliphatic rings. The molecule has 2 N–H and O–H groups in total. The number of fused-ring (bicyclic) bond motifs is 1. The van der Waals surface area contributed by atoms with E-state index in [0.717, 1.165) is 29.0 Å². The van der Waals surface area contributed by atoms with Crippen LogP contribution in [0.25, 0.3) is 0 Å². The number of ether oxygens (including phenoxy) is 1. The summed E-state index contributed by atoms with van der Waals surface area (Å²) in [6.45, 7) is 6.05. The maximum absolute atomic E-state index is 11.5. The Hall–Kier alpha value is -2.87. The molecule has 1 atom stereocenters. The van der Waals surface area contributed by atoms with Crippen LogP contribution in [0.1, 0.15) is 37.3 Å². The van der Waals surface area contributed by atoms with E-state index in [-0.39, 0.29) is 5.92 Å². The first-order valence-electron chi connectivity index (χ1n) is 9.31. The Kier molecular flexibility index (Phi) is 5.75. The molecule has 1 aromatic carbocycles. The zero-order valence-corrected chi connectivity index (χ0v) is 16.1. The van der Waals surface area contributed by atoms with Crippen molar-refractivity contribution in [1.29, 1.82) is 0 Å². The highest BCUT2D eigenvalue weighted by Gasteiger charge is 2.23. The zero-order valence-electron chi connectivity index (χ0n) is 16.1. The summed E-state index contributed by atoms with van der Waals surface area (Å²) in [5.74, 6) is 6.96. The van der Waals surface area contributed by atoms with Crippen molar-refractivity contribution in [1.82, 2.24) is 10.2 Å². The fraction of sp³-hybridized carbons (Fsp3) is 0.409. The van der Waals surface area contributed by atoms with E-state index in [0.29, 0.717) is 31.2 Å². The summed E-state index contributed by atoms with van der Waals surface area (Å²) in [7, 11) is 1.93. The quantitative estimate of drug-likeness (QED) is 0.803. The van der Waals surface area contributed by atoms with Crippen LogP contribution in [0.15, 0.2) is 41.7 Å². The van der Waals surface area contributed by atoms with Gasteiger partial charge in [0.25, 0.3) is 0 Å². The maximum Gasteiger partial charge on any atom is 0.337 e. The van der Waals surface area contributed by atoms with Crippen LogP contribution < -0.4 is 10.1 Å². The lowest BCUT2D eigenvalue weighted by Gasteiger charge is -2.29. The van der Waals surface area contributed by atoms with Crippen LogP contribution in [0.5, 0.6) is 5.75 Å². The molecule has 0 aliphatic carbocycles. The van der Waals surface area contributed by atoms with Crippen molar-refractivity contribution in [2.45, 2.75) is 26.2 Å². The number of benzene rings is 1. The Labute approximate surface area is 160 Å². The summed E-state index contributed by atoms with van der Waals surface area (Å²) in [5.41, 5.74) is 3.20. The number of carbonyl (C=O) groups is 1. The van der Waals surface area contributed by atoms with E-state index in [9.17, 15) is 9.90 Å². The smallest absolute Gasteiger partial charge is 0.337 e. The van der Waals surface area contributed by atoms with Gasteiger partial charge in [0, 0.05) is 42.9 Å². The first-order valence-corrected chi connectivity index (χ1v) is 9.31. The summed E-state index contributed by atoms with van der Waals surface area (Å²) in [4.78, 5) is 13.4. The van der Waals surface area contributed by atoms with Gasteiger partial charge in [-0.05, 0) is 30.2 Å². The number of hydrogen-bond donors (Lipinski definition) is 2. The highest BCUT2D eigenvalue weighted by molar-refractivity contribution is 5.91. The molecule has 0 radical (unpaired) electrons. The van der Waals surface area contributed by atoms with E-state index in [1.807, 2.05) is 24.1 Å². The van der Waals surface area contributed by atoms with Crippen molar-refractivity contribution in [2.75, 3.05) is 26.7 Å². The molecule has 5 nitrogen and oxygen atoms in total. The minimum atomic E-state index is -0.900. The van der Waals surface area contributed by atoms with E-state index in [1.165, 1.54) is 0 Å². The van der Waals surface area contributed by atoms with Gasteiger partial charge in [-0.2, -0.15) is 0 Å². The number of nitrogens with one attached hydrogen (secondary N) is 1. The molecule has 0 spiro atoms. The van der Waals surface area contributed by atoms with Crippen molar-refractivity contribution in [2.24, 2.45) is 5.92 Å². The van der Waals surface area contributed by atoms with Gasteiger partial charge in [-0.15, -0.1) is 0 Å². The van der Waals surface area contributed by atoms with Crippen molar-refractivity contribution >= 4 is 5.97 Å². The van der Waals surface area contributed by atoms with Crippen LogP contribution >= 0.6 is 0 Å². The average Bonchev–Trinajstić information content (AvgIpc) is 2.64. The highest BCUT2D eigenvalue weighted by Crippen LogP contribution is 2.34. The second kappa shape index (κ2) is 8.22. The Balaban J connectivity index is 1.76. The monoisotopic (exact) mass is 366 g/mol. The number of likely N-dealkylation sites (N-methyl/N-ethyl adjacent to an activating group) is 1. The van der Waals surface area contributed by atoms with Crippen molar-refractivity contribution in [3.05, 3.63) is 52.9 Å². The maximum atomic E-state index is 11.5. The topological polar surface area (TPSA) is 61.8 Å². The van der Waals surface area contributed by atoms with Gasteiger partial charge in [-0.1, -0.05) is 31.8 Å². The van der Waals surface area contributed by atoms with E-state index in [1.54, 1.807) is 12.3 Å². The fourth-order valence-electron chi connectivity index (χ4n) is 3.27. The Bertz CT molecular complexity index is 843. The molecule has 0 fully saturated rings. The highest BCUT2D eigenvalue weighted by atomic mass is 16.5. The van der Waals surface area contributed by atoms with E-state index < -0.39 is 5.97 Å². The van der Waals surface area contributed by atoms with E-state index in [2.05, 4.69) is 37.1 Å². The van der Waals surface area contributed by atoms with Gasteiger partial charge in [0.2, 0.25) is 0 Å². The van der Waals surface area contributed by atoms with Crippen LogP contribution in [0, 0.1) is 17.8 Å². The number of rotatable bonds is 4. The molecule has 0 saturated carbocycles. The second-order valence-corrected chi connectivity index (χ2v) is 7.32. The number of hydrogen-bond acceptors (Lipinski definition) is 4. The zero-order chi connectivity index (χ0) is 19.4. The molecule has 0 saturated heterocycles. The van der Waals surface area contributed by atoms with Crippen molar-refractivity contribution < 1.29 is 14.6 Å². The minimum absolute atomic E-state index is 0.277. The Morgan fingerprint density at radius 1 is 1.44 bits per heavy atom. The number of nitrogens with zero attached hydrogens (tertiary/aromatic N) is 1. The Morgan fingerprint density at radius 2 is 2.26 bits per heavy atom. The Morgan fingerprint density at radius 3 is 3.00 bits per heavy atom. The molecule has 2 heterocycles. The first-order chi connectivity index (χ1) is 12.9. The lowest BCUT2D eigenvalue weighted by Crippen LogP contribution is -2.33. The van der Waals surface area contributed by atoms with Crippen molar-refractivity contribution in [3.8, 4) is 17.6 Å². The summed E-state index contributed by atoms with van der Waals surface area (Å²) >= 11 is 0. The summed E-state index contributed by atoms with van der Waals surface area (Å²) in [5, 5.41) is 12.8. The molecule has 1 aromatic rings. The third kappa shape index (κ3) is 4.65. The van der Waals surface area contributed by atoms with Gasteiger partial charge < -0.3 is 20.1 Å². The predicted molar refractivity (Wildman–Crippen MR) is 105 cm³/mol. The standard InChI is InChI=1S/C22H26N2O3/c1-15(2)4-5-16-6-7-18-17(9-11-27-21(18)12-16)13-23-20-14-24(3)10-8-19(20)22(25)26/h6-8,10,12,15,17,23H,9,11,13-14H2,1-3H3,(H,25,26). The number of carboxylic acid groups (broad SMARTS) is 1. The molecule has 0 amide bonds. The molecule has 2 aliphatic heterocycles. The predicted octanol–water partition coefficient (Wildman–Crippen LogP) is 2.95.